The molecule has 110 valence electrons. The second-order valence-electron chi connectivity index (χ2n) is 5.05. The van der Waals surface area contributed by atoms with Gasteiger partial charge in [-0.3, -0.25) is 4.79 Å². The van der Waals surface area contributed by atoms with Gasteiger partial charge in [-0.2, -0.15) is 0 Å². The van der Waals surface area contributed by atoms with Crippen LogP contribution in [0.3, 0.4) is 0 Å². The standard InChI is InChI=1S/C15H20ClNO3/c1-11-10-12(18)2-3-14(11)15(19)17-7-4-13(5-8-17)20-9-6-16/h2-3,10,13,18H,4-9H2,1H3. The van der Waals surface area contributed by atoms with Crippen molar-refractivity contribution in [3.05, 3.63) is 29.3 Å². The molecule has 1 saturated heterocycles. The van der Waals surface area contributed by atoms with Gasteiger partial charge >= 0.3 is 0 Å². The predicted octanol–water partition coefficient (Wildman–Crippen LogP) is 2.56. The van der Waals surface area contributed by atoms with E-state index in [1.165, 1.54) is 0 Å². The number of halogens is 1. The fraction of sp³-hybridized carbons (Fsp3) is 0.533. The molecule has 20 heavy (non-hydrogen) atoms. The molecule has 1 aromatic rings. The first-order chi connectivity index (χ1) is 9.61. The number of hydrogen-bond acceptors (Lipinski definition) is 3. The summed E-state index contributed by atoms with van der Waals surface area (Å²) in [6.45, 7) is 3.80. The van der Waals surface area contributed by atoms with Crippen molar-refractivity contribution in [1.29, 1.82) is 0 Å². The molecule has 1 N–H and O–H groups in total. The minimum absolute atomic E-state index is 0.0262. The van der Waals surface area contributed by atoms with E-state index < -0.39 is 0 Å². The van der Waals surface area contributed by atoms with Crippen LogP contribution in [0.1, 0.15) is 28.8 Å². The van der Waals surface area contributed by atoms with Crippen LogP contribution >= 0.6 is 11.6 Å². The maximum absolute atomic E-state index is 12.4. The van der Waals surface area contributed by atoms with Crippen molar-refractivity contribution in [2.45, 2.75) is 25.9 Å². The molecule has 1 fully saturated rings. The lowest BCUT2D eigenvalue weighted by molar-refractivity contribution is 0.0154. The minimum Gasteiger partial charge on any atom is -0.508 e. The molecule has 1 aromatic carbocycles. The third kappa shape index (κ3) is 3.64. The number of alkyl halides is 1. The summed E-state index contributed by atoms with van der Waals surface area (Å²) in [6, 6.07) is 4.85. The first-order valence-corrected chi connectivity index (χ1v) is 7.41. The fourth-order valence-corrected chi connectivity index (χ4v) is 2.58. The molecule has 0 atom stereocenters. The Hall–Kier alpha value is -1.26. The minimum atomic E-state index is 0.0262. The van der Waals surface area contributed by atoms with Crippen LogP contribution < -0.4 is 0 Å². The maximum atomic E-state index is 12.4. The Morgan fingerprint density at radius 3 is 2.75 bits per heavy atom. The van der Waals surface area contributed by atoms with Crippen molar-refractivity contribution >= 4 is 17.5 Å². The van der Waals surface area contributed by atoms with Crippen molar-refractivity contribution in [1.82, 2.24) is 4.90 Å². The van der Waals surface area contributed by atoms with Crippen LogP contribution in [-0.4, -0.2) is 47.6 Å². The van der Waals surface area contributed by atoms with Gasteiger partial charge in [0.15, 0.2) is 0 Å². The molecule has 5 heteroatoms. The molecule has 4 nitrogen and oxygen atoms in total. The molecular formula is C15H20ClNO3. The molecule has 0 unspecified atom stereocenters. The van der Waals surface area contributed by atoms with Gasteiger partial charge in [0.2, 0.25) is 0 Å². The molecule has 1 heterocycles. The van der Waals surface area contributed by atoms with Gasteiger partial charge in [-0.05, 0) is 43.5 Å². The number of aromatic hydroxyl groups is 1. The lowest BCUT2D eigenvalue weighted by atomic mass is 10.0. The molecule has 0 saturated carbocycles. The van der Waals surface area contributed by atoms with Crippen LogP contribution in [0.5, 0.6) is 5.75 Å². The van der Waals surface area contributed by atoms with Crippen LogP contribution in [0.2, 0.25) is 0 Å². The first-order valence-electron chi connectivity index (χ1n) is 6.88. The summed E-state index contributed by atoms with van der Waals surface area (Å²) in [5.41, 5.74) is 1.46. The average molecular weight is 298 g/mol. The molecule has 0 aliphatic carbocycles. The Balaban J connectivity index is 1.94. The van der Waals surface area contributed by atoms with Crippen molar-refractivity contribution in [3.8, 4) is 5.75 Å². The summed E-state index contributed by atoms with van der Waals surface area (Å²) in [5, 5.41) is 9.39. The second kappa shape index (κ2) is 6.95. The van der Waals surface area contributed by atoms with E-state index in [9.17, 15) is 9.90 Å². The van der Waals surface area contributed by atoms with Gasteiger partial charge in [-0.1, -0.05) is 0 Å². The third-order valence-corrected chi connectivity index (χ3v) is 3.75. The quantitative estimate of drug-likeness (QED) is 0.869. The molecule has 0 spiro atoms. The highest BCUT2D eigenvalue weighted by molar-refractivity contribution is 6.17. The molecule has 1 amide bonds. The topological polar surface area (TPSA) is 49.8 Å². The number of carbonyl (C=O) groups is 1. The van der Waals surface area contributed by atoms with Gasteiger partial charge in [0.1, 0.15) is 5.75 Å². The number of ether oxygens (including phenoxy) is 1. The smallest absolute Gasteiger partial charge is 0.254 e. The number of likely N-dealkylation sites (tertiary alicyclic amines) is 1. The van der Waals surface area contributed by atoms with Crippen LogP contribution in [0.25, 0.3) is 0 Å². The highest BCUT2D eigenvalue weighted by Gasteiger charge is 2.24. The molecule has 2 rings (SSSR count). The van der Waals surface area contributed by atoms with E-state index >= 15 is 0 Å². The molecule has 1 aliphatic rings. The summed E-state index contributed by atoms with van der Waals surface area (Å²) in [5.74, 6) is 0.719. The van der Waals surface area contributed by atoms with E-state index in [1.54, 1.807) is 18.2 Å². The number of benzene rings is 1. The lowest BCUT2D eigenvalue weighted by Crippen LogP contribution is -2.41. The highest BCUT2D eigenvalue weighted by Crippen LogP contribution is 2.20. The van der Waals surface area contributed by atoms with Crippen LogP contribution in [-0.2, 0) is 4.74 Å². The summed E-state index contributed by atoms with van der Waals surface area (Å²) >= 11 is 5.60. The molecule has 0 aromatic heterocycles. The van der Waals surface area contributed by atoms with E-state index in [0.29, 0.717) is 31.1 Å². The van der Waals surface area contributed by atoms with Crippen molar-refractivity contribution in [2.75, 3.05) is 25.6 Å². The van der Waals surface area contributed by atoms with Crippen LogP contribution in [0.4, 0.5) is 0 Å². The third-order valence-electron chi connectivity index (χ3n) is 3.60. The normalized spacial score (nSPS) is 16.4. The number of amides is 1. The average Bonchev–Trinajstić information content (AvgIpc) is 2.45. The van der Waals surface area contributed by atoms with Crippen LogP contribution in [0.15, 0.2) is 18.2 Å². The van der Waals surface area contributed by atoms with Gasteiger partial charge in [0.25, 0.3) is 5.91 Å². The maximum Gasteiger partial charge on any atom is 0.254 e. The van der Waals surface area contributed by atoms with Gasteiger partial charge in [-0.15, -0.1) is 11.6 Å². The number of hydrogen-bond donors (Lipinski definition) is 1. The summed E-state index contributed by atoms with van der Waals surface area (Å²) < 4.78 is 5.60. The number of piperidine rings is 1. The number of carbonyl (C=O) groups excluding carboxylic acids is 1. The molecule has 1 aliphatic heterocycles. The van der Waals surface area contributed by atoms with Crippen molar-refractivity contribution in [2.24, 2.45) is 0 Å². The number of rotatable bonds is 4. The Morgan fingerprint density at radius 1 is 1.45 bits per heavy atom. The van der Waals surface area contributed by atoms with E-state index in [1.807, 2.05) is 11.8 Å². The molecule has 0 bridgehead atoms. The van der Waals surface area contributed by atoms with E-state index in [0.717, 1.165) is 18.4 Å². The van der Waals surface area contributed by atoms with Crippen LogP contribution in [0, 0.1) is 6.92 Å². The highest BCUT2D eigenvalue weighted by atomic mass is 35.5. The Kier molecular flexibility index (Phi) is 5.26. The number of phenols is 1. The van der Waals surface area contributed by atoms with Gasteiger partial charge < -0.3 is 14.7 Å². The van der Waals surface area contributed by atoms with Gasteiger partial charge in [0, 0.05) is 24.5 Å². The lowest BCUT2D eigenvalue weighted by Gasteiger charge is -2.32. The zero-order valence-electron chi connectivity index (χ0n) is 11.6. The summed E-state index contributed by atoms with van der Waals surface area (Å²) in [4.78, 5) is 14.3. The molecule has 0 radical (unpaired) electrons. The Morgan fingerprint density at radius 2 is 2.15 bits per heavy atom. The zero-order chi connectivity index (χ0) is 14.5. The zero-order valence-corrected chi connectivity index (χ0v) is 12.4. The van der Waals surface area contributed by atoms with Crippen molar-refractivity contribution in [3.63, 3.8) is 0 Å². The van der Waals surface area contributed by atoms with E-state index in [4.69, 9.17) is 16.3 Å². The van der Waals surface area contributed by atoms with E-state index in [-0.39, 0.29) is 17.8 Å². The Bertz CT molecular complexity index is 470. The summed E-state index contributed by atoms with van der Waals surface area (Å²) in [6.07, 6.45) is 1.90. The largest absolute Gasteiger partial charge is 0.508 e. The van der Waals surface area contributed by atoms with E-state index in [2.05, 4.69) is 0 Å². The monoisotopic (exact) mass is 297 g/mol. The Labute approximate surface area is 124 Å². The van der Waals surface area contributed by atoms with Gasteiger partial charge in [0.05, 0.1) is 12.7 Å². The van der Waals surface area contributed by atoms with Crippen molar-refractivity contribution < 1.29 is 14.6 Å². The predicted molar refractivity (Wildman–Crippen MR) is 78.4 cm³/mol. The first kappa shape index (κ1) is 15.1. The number of phenolic OH excluding ortho intramolecular Hbond substituents is 1. The SMILES string of the molecule is Cc1cc(O)ccc1C(=O)N1CCC(OCCCl)CC1. The fourth-order valence-electron chi connectivity index (χ4n) is 2.49. The second-order valence-corrected chi connectivity index (χ2v) is 5.43. The summed E-state index contributed by atoms with van der Waals surface area (Å²) in [7, 11) is 0. The molecular weight excluding hydrogens is 278 g/mol. The number of nitrogens with zero attached hydrogens (tertiary/aromatic N) is 1. The van der Waals surface area contributed by atoms with Gasteiger partial charge in [-0.25, -0.2) is 0 Å². The number of aryl methyl sites for hydroxylation is 1.